The molecule has 0 unspecified atom stereocenters. The molecule has 2 fully saturated rings. The Kier molecular flexibility index (Phi) is 7.29. The summed E-state index contributed by atoms with van der Waals surface area (Å²) in [5.74, 6) is 3.01. The summed E-state index contributed by atoms with van der Waals surface area (Å²) >= 11 is 0. The highest BCUT2D eigenvalue weighted by Crippen LogP contribution is 2.35. The van der Waals surface area contributed by atoms with Gasteiger partial charge in [0.2, 0.25) is 0 Å². The number of hydrogen-bond donors (Lipinski definition) is 0. The lowest BCUT2D eigenvalue weighted by molar-refractivity contribution is 0.124. The monoisotopic (exact) mass is 253 g/mol. The van der Waals surface area contributed by atoms with Crippen LogP contribution in [-0.4, -0.2) is 24.0 Å². The quantitative estimate of drug-likeness (QED) is 0.687. The molecular weight excluding hydrogens is 218 g/mol. The fourth-order valence-corrected chi connectivity index (χ4v) is 2.90. The molecule has 1 aliphatic heterocycles. The van der Waals surface area contributed by atoms with Gasteiger partial charge in [-0.3, -0.25) is 0 Å². The molecule has 1 heterocycles. The highest BCUT2D eigenvalue weighted by Gasteiger charge is 2.25. The van der Waals surface area contributed by atoms with E-state index in [4.69, 9.17) is 0 Å². The van der Waals surface area contributed by atoms with Crippen LogP contribution in [0.1, 0.15) is 73.1 Å². The second-order valence-corrected chi connectivity index (χ2v) is 7.34. The van der Waals surface area contributed by atoms with Crippen molar-refractivity contribution in [3.63, 3.8) is 0 Å². The molecular formula is C17H35N. The average molecular weight is 253 g/mol. The lowest BCUT2D eigenvalue weighted by Gasteiger charge is -2.37. The Morgan fingerprint density at radius 1 is 0.833 bits per heavy atom. The van der Waals surface area contributed by atoms with Gasteiger partial charge in [0, 0.05) is 6.04 Å². The Morgan fingerprint density at radius 3 is 1.61 bits per heavy atom. The summed E-state index contributed by atoms with van der Waals surface area (Å²) in [6.07, 6.45) is 9.06. The largest absolute Gasteiger partial charge is 0.301 e. The van der Waals surface area contributed by atoms with Crippen LogP contribution < -0.4 is 0 Å². The van der Waals surface area contributed by atoms with E-state index < -0.39 is 0 Å². The standard InChI is InChI=1S/C13H25N.C4H10/c1-11(2)14-8-6-13(7-9-14)10-12-4-3-5-12;1-4(2)3/h11-13H,3-10H2,1-2H3;4H,1-3H3. The molecule has 1 saturated heterocycles. The van der Waals surface area contributed by atoms with Gasteiger partial charge in [-0.25, -0.2) is 0 Å². The molecule has 2 aliphatic rings. The molecule has 108 valence electrons. The Morgan fingerprint density at radius 2 is 1.28 bits per heavy atom. The van der Waals surface area contributed by atoms with Crippen molar-refractivity contribution in [2.75, 3.05) is 13.1 Å². The summed E-state index contributed by atoms with van der Waals surface area (Å²) in [5, 5.41) is 0. The smallest absolute Gasteiger partial charge is 0.00385 e. The van der Waals surface area contributed by atoms with E-state index in [1.807, 2.05) is 0 Å². The minimum atomic E-state index is 0.764. The molecule has 2 rings (SSSR count). The maximum atomic E-state index is 2.64. The number of nitrogens with zero attached hydrogens (tertiary/aromatic N) is 1. The summed E-state index contributed by atoms with van der Waals surface area (Å²) in [6, 6.07) is 0.764. The Hall–Kier alpha value is -0.0400. The molecule has 1 saturated carbocycles. The Balaban J connectivity index is 0.000000357. The lowest BCUT2D eigenvalue weighted by atomic mass is 9.76. The zero-order valence-corrected chi connectivity index (χ0v) is 13.4. The molecule has 0 aromatic carbocycles. The second kappa shape index (κ2) is 8.19. The van der Waals surface area contributed by atoms with Crippen LogP contribution in [0, 0.1) is 17.8 Å². The number of likely N-dealkylation sites (tertiary alicyclic amines) is 1. The lowest BCUT2D eigenvalue weighted by Crippen LogP contribution is -2.39. The van der Waals surface area contributed by atoms with E-state index in [0.29, 0.717) is 0 Å². The predicted molar refractivity (Wildman–Crippen MR) is 81.9 cm³/mol. The van der Waals surface area contributed by atoms with Crippen LogP contribution >= 0.6 is 0 Å². The first-order valence-corrected chi connectivity index (χ1v) is 8.23. The van der Waals surface area contributed by atoms with E-state index in [0.717, 1.165) is 23.8 Å². The second-order valence-electron chi connectivity index (χ2n) is 7.34. The minimum absolute atomic E-state index is 0.764. The summed E-state index contributed by atoms with van der Waals surface area (Å²) in [5.41, 5.74) is 0. The van der Waals surface area contributed by atoms with Crippen molar-refractivity contribution in [2.24, 2.45) is 17.8 Å². The van der Waals surface area contributed by atoms with Crippen LogP contribution in [0.2, 0.25) is 0 Å². The van der Waals surface area contributed by atoms with Gasteiger partial charge in [-0.15, -0.1) is 0 Å². The first-order valence-electron chi connectivity index (χ1n) is 8.23. The van der Waals surface area contributed by atoms with Gasteiger partial charge >= 0.3 is 0 Å². The fraction of sp³-hybridized carbons (Fsp3) is 1.00. The van der Waals surface area contributed by atoms with Crippen molar-refractivity contribution in [1.29, 1.82) is 0 Å². The Bertz CT molecular complexity index is 195. The third kappa shape index (κ3) is 6.22. The number of hydrogen-bond acceptors (Lipinski definition) is 1. The molecule has 0 aromatic heterocycles. The third-order valence-electron chi connectivity index (χ3n) is 4.27. The maximum Gasteiger partial charge on any atom is 0.00385 e. The predicted octanol–water partition coefficient (Wildman–Crippen LogP) is 4.96. The topological polar surface area (TPSA) is 3.24 Å². The summed E-state index contributed by atoms with van der Waals surface area (Å²) in [6.45, 7) is 13.9. The molecule has 18 heavy (non-hydrogen) atoms. The molecule has 0 atom stereocenters. The van der Waals surface area contributed by atoms with Gasteiger partial charge < -0.3 is 4.90 Å². The Labute approximate surface area is 115 Å². The van der Waals surface area contributed by atoms with Crippen molar-refractivity contribution in [3.8, 4) is 0 Å². The van der Waals surface area contributed by atoms with Crippen LogP contribution in [0.15, 0.2) is 0 Å². The zero-order chi connectivity index (χ0) is 13.5. The molecule has 1 heteroatoms. The van der Waals surface area contributed by atoms with Crippen LogP contribution in [0.3, 0.4) is 0 Å². The molecule has 0 bridgehead atoms. The van der Waals surface area contributed by atoms with E-state index in [9.17, 15) is 0 Å². The van der Waals surface area contributed by atoms with Crippen molar-refractivity contribution >= 4 is 0 Å². The molecule has 0 amide bonds. The van der Waals surface area contributed by atoms with Gasteiger partial charge in [0.15, 0.2) is 0 Å². The van der Waals surface area contributed by atoms with Gasteiger partial charge in [0.1, 0.15) is 0 Å². The molecule has 0 N–H and O–H groups in total. The maximum absolute atomic E-state index is 2.64. The normalized spacial score (nSPS) is 22.8. The van der Waals surface area contributed by atoms with E-state index in [-0.39, 0.29) is 0 Å². The number of rotatable bonds is 3. The van der Waals surface area contributed by atoms with E-state index in [1.165, 1.54) is 45.2 Å². The van der Waals surface area contributed by atoms with Crippen LogP contribution in [0.5, 0.6) is 0 Å². The highest BCUT2D eigenvalue weighted by molar-refractivity contribution is 4.79. The average Bonchev–Trinajstić information content (AvgIpc) is 2.23. The summed E-state index contributed by atoms with van der Waals surface area (Å²) in [4.78, 5) is 2.64. The highest BCUT2D eigenvalue weighted by atomic mass is 15.1. The molecule has 1 nitrogen and oxygen atoms in total. The van der Waals surface area contributed by atoms with Crippen molar-refractivity contribution in [1.82, 2.24) is 4.90 Å². The van der Waals surface area contributed by atoms with E-state index >= 15 is 0 Å². The van der Waals surface area contributed by atoms with Gasteiger partial charge in [-0.1, -0.05) is 40.0 Å². The van der Waals surface area contributed by atoms with Gasteiger partial charge in [0.05, 0.1) is 0 Å². The molecule has 0 aromatic rings. The summed E-state index contributed by atoms with van der Waals surface area (Å²) in [7, 11) is 0. The zero-order valence-electron chi connectivity index (χ0n) is 13.4. The van der Waals surface area contributed by atoms with Crippen molar-refractivity contribution < 1.29 is 0 Å². The SMILES string of the molecule is CC(C)C.CC(C)N1CCC(CC2CCC2)CC1. The van der Waals surface area contributed by atoms with E-state index in [2.05, 4.69) is 39.5 Å². The van der Waals surface area contributed by atoms with Gasteiger partial charge in [-0.05, 0) is 64.0 Å². The van der Waals surface area contributed by atoms with E-state index in [1.54, 1.807) is 6.42 Å². The fourth-order valence-electron chi connectivity index (χ4n) is 2.90. The first-order chi connectivity index (χ1) is 8.49. The molecule has 0 spiro atoms. The number of piperidine rings is 1. The first kappa shape index (κ1) is 16.0. The third-order valence-corrected chi connectivity index (χ3v) is 4.27. The van der Waals surface area contributed by atoms with Gasteiger partial charge in [0.25, 0.3) is 0 Å². The van der Waals surface area contributed by atoms with Crippen LogP contribution in [-0.2, 0) is 0 Å². The van der Waals surface area contributed by atoms with Gasteiger partial charge in [-0.2, -0.15) is 0 Å². The molecule has 0 radical (unpaired) electrons. The van der Waals surface area contributed by atoms with Crippen LogP contribution in [0.25, 0.3) is 0 Å². The van der Waals surface area contributed by atoms with Crippen LogP contribution in [0.4, 0.5) is 0 Å². The van der Waals surface area contributed by atoms with Crippen molar-refractivity contribution in [2.45, 2.75) is 79.2 Å². The summed E-state index contributed by atoms with van der Waals surface area (Å²) < 4.78 is 0. The minimum Gasteiger partial charge on any atom is -0.301 e. The van der Waals surface area contributed by atoms with Crippen molar-refractivity contribution in [3.05, 3.63) is 0 Å². The molecule has 1 aliphatic carbocycles.